The fraction of sp³-hybridized carbons (Fsp3) is 0.200. The number of ether oxygens (including phenoxy) is 2. The van der Waals surface area contributed by atoms with Crippen molar-refractivity contribution in [2.24, 2.45) is 5.10 Å². The van der Waals surface area contributed by atoms with Crippen LogP contribution in [0, 0.1) is 10.1 Å². The zero-order valence-electron chi connectivity index (χ0n) is 18.7. The molecule has 1 amide bonds. The Balaban J connectivity index is 1.25. The molecule has 1 heterocycles. The zero-order valence-corrected chi connectivity index (χ0v) is 20.3. The lowest BCUT2D eigenvalue weighted by atomic mass is 10.2. The van der Waals surface area contributed by atoms with Crippen molar-refractivity contribution in [2.75, 3.05) is 18.1 Å². The van der Waals surface area contributed by atoms with E-state index in [1.165, 1.54) is 35.4 Å². The molecule has 1 saturated heterocycles. The van der Waals surface area contributed by atoms with Gasteiger partial charge in [0, 0.05) is 29.2 Å². The molecule has 0 bridgehead atoms. The highest BCUT2D eigenvalue weighted by Crippen LogP contribution is 2.45. The van der Waals surface area contributed by atoms with E-state index in [1.807, 2.05) is 59.9 Å². The van der Waals surface area contributed by atoms with Gasteiger partial charge in [-0.15, -0.1) is 23.5 Å². The van der Waals surface area contributed by atoms with E-state index in [-0.39, 0.29) is 24.8 Å². The van der Waals surface area contributed by atoms with Crippen LogP contribution in [-0.2, 0) is 11.4 Å². The Labute approximate surface area is 211 Å². The van der Waals surface area contributed by atoms with Crippen LogP contribution in [0.4, 0.5) is 5.69 Å². The highest BCUT2D eigenvalue weighted by molar-refractivity contribution is 8.19. The number of non-ortho nitro benzene ring substituents is 1. The summed E-state index contributed by atoms with van der Waals surface area (Å²) in [4.78, 5) is 22.5. The molecule has 4 rings (SSSR count). The molecule has 0 atom stereocenters. The molecule has 35 heavy (non-hydrogen) atoms. The molecular formula is C25H23N3O5S2. The van der Waals surface area contributed by atoms with Gasteiger partial charge in [0.2, 0.25) is 0 Å². The number of rotatable bonds is 10. The van der Waals surface area contributed by atoms with Crippen molar-refractivity contribution in [3.63, 3.8) is 0 Å². The first kappa shape index (κ1) is 24.6. The Kier molecular flexibility index (Phi) is 8.63. The van der Waals surface area contributed by atoms with Crippen molar-refractivity contribution in [2.45, 2.75) is 11.2 Å². The molecule has 10 heteroatoms. The topological polar surface area (TPSA) is 103 Å². The van der Waals surface area contributed by atoms with Crippen LogP contribution in [-0.4, -0.2) is 35.2 Å². The van der Waals surface area contributed by atoms with Gasteiger partial charge in [-0.05, 0) is 47.5 Å². The first-order chi connectivity index (χ1) is 17.1. The predicted octanol–water partition coefficient (Wildman–Crippen LogP) is 5.18. The largest absolute Gasteiger partial charge is 0.488 e. The molecule has 3 aromatic carbocycles. The number of hydrogen-bond acceptors (Lipinski definition) is 8. The fourth-order valence-electron chi connectivity index (χ4n) is 3.22. The average molecular weight is 510 g/mol. The maximum atomic E-state index is 12.1. The third-order valence-corrected chi connectivity index (χ3v) is 8.10. The minimum Gasteiger partial charge on any atom is -0.488 e. The molecule has 3 aromatic rings. The van der Waals surface area contributed by atoms with Crippen LogP contribution in [0.3, 0.4) is 0 Å². The van der Waals surface area contributed by atoms with E-state index >= 15 is 0 Å². The summed E-state index contributed by atoms with van der Waals surface area (Å²) in [7, 11) is 0. The molecule has 180 valence electrons. The van der Waals surface area contributed by atoms with E-state index in [4.69, 9.17) is 9.47 Å². The maximum Gasteiger partial charge on any atom is 0.277 e. The minimum atomic E-state index is -0.443. The van der Waals surface area contributed by atoms with Crippen molar-refractivity contribution in [3.8, 4) is 11.5 Å². The first-order valence-corrected chi connectivity index (χ1v) is 12.9. The van der Waals surface area contributed by atoms with E-state index in [2.05, 4.69) is 10.5 Å². The Morgan fingerprint density at radius 2 is 1.74 bits per heavy atom. The number of benzene rings is 3. The standard InChI is InChI=1S/C25H23N3O5S2/c29-24(17-32-22-11-7-19(8-12-22)25-34-13-14-35-25)27-26-15-20-3-1-2-4-23(20)33-16-18-5-9-21(10-6-18)28(30)31/h1-12,15,25H,13-14,16-17H2,(H,27,29)/b26-15-. The summed E-state index contributed by atoms with van der Waals surface area (Å²) in [5.41, 5.74) is 5.21. The van der Waals surface area contributed by atoms with Gasteiger partial charge in [0.25, 0.3) is 11.6 Å². The lowest BCUT2D eigenvalue weighted by molar-refractivity contribution is -0.384. The Bertz CT molecular complexity index is 1180. The molecule has 8 nitrogen and oxygen atoms in total. The molecule has 1 aliphatic heterocycles. The number of nitrogens with zero attached hydrogens (tertiary/aromatic N) is 2. The van der Waals surface area contributed by atoms with Crippen molar-refractivity contribution < 1.29 is 19.2 Å². The Morgan fingerprint density at radius 3 is 2.46 bits per heavy atom. The van der Waals surface area contributed by atoms with Crippen molar-refractivity contribution in [1.29, 1.82) is 0 Å². The second-order valence-electron chi connectivity index (χ2n) is 7.47. The van der Waals surface area contributed by atoms with Gasteiger partial charge in [-0.3, -0.25) is 14.9 Å². The summed E-state index contributed by atoms with van der Waals surface area (Å²) in [5.74, 6) is 3.16. The first-order valence-electron chi connectivity index (χ1n) is 10.8. The van der Waals surface area contributed by atoms with Gasteiger partial charge in [0.15, 0.2) is 6.61 Å². The highest BCUT2D eigenvalue weighted by atomic mass is 32.2. The highest BCUT2D eigenvalue weighted by Gasteiger charge is 2.18. The van der Waals surface area contributed by atoms with E-state index in [9.17, 15) is 14.9 Å². The predicted molar refractivity (Wildman–Crippen MR) is 139 cm³/mol. The summed E-state index contributed by atoms with van der Waals surface area (Å²) >= 11 is 3.88. The van der Waals surface area contributed by atoms with Gasteiger partial charge in [-0.1, -0.05) is 24.3 Å². The van der Waals surface area contributed by atoms with Gasteiger partial charge in [-0.25, -0.2) is 5.43 Å². The van der Waals surface area contributed by atoms with Crippen LogP contribution < -0.4 is 14.9 Å². The molecule has 0 saturated carbocycles. The molecular weight excluding hydrogens is 486 g/mol. The van der Waals surface area contributed by atoms with Gasteiger partial charge < -0.3 is 9.47 Å². The number of carbonyl (C=O) groups excluding carboxylic acids is 1. The number of hydrazone groups is 1. The molecule has 0 aliphatic carbocycles. The van der Waals surface area contributed by atoms with Crippen LogP contribution >= 0.6 is 23.5 Å². The molecule has 0 aromatic heterocycles. The number of nitrogens with one attached hydrogen (secondary N) is 1. The van der Waals surface area contributed by atoms with E-state index in [0.29, 0.717) is 21.6 Å². The van der Waals surface area contributed by atoms with Gasteiger partial charge in [0.1, 0.15) is 18.1 Å². The third kappa shape index (κ3) is 7.24. The summed E-state index contributed by atoms with van der Waals surface area (Å²) in [6.45, 7) is 0.0852. The molecule has 0 spiro atoms. The maximum absolute atomic E-state index is 12.1. The Morgan fingerprint density at radius 1 is 1.03 bits per heavy atom. The quantitative estimate of drug-likeness (QED) is 0.228. The monoisotopic (exact) mass is 509 g/mol. The van der Waals surface area contributed by atoms with Crippen LogP contribution in [0.5, 0.6) is 11.5 Å². The van der Waals surface area contributed by atoms with Crippen LogP contribution in [0.1, 0.15) is 21.3 Å². The number of hydrogen-bond donors (Lipinski definition) is 1. The molecule has 1 N–H and O–H groups in total. The van der Waals surface area contributed by atoms with Crippen LogP contribution in [0.25, 0.3) is 0 Å². The van der Waals surface area contributed by atoms with Gasteiger partial charge >= 0.3 is 0 Å². The van der Waals surface area contributed by atoms with Crippen LogP contribution in [0.2, 0.25) is 0 Å². The lowest BCUT2D eigenvalue weighted by Gasteiger charge is -2.10. The number of nitro groups is 1. The third-order valence-electron chi connectivity index (χ3n) is 5.00. The van der Waals surface area contributed by atoms with E-state index < -0.39 is 4.92 Å². The minimum absolute atomic E-state index is 0.0280. The number of para-hydroxylation sites is 1. The number of nitro benzene ring substituents is 1. The molecule has 0 unspecified atom stereocenters. The van der Waals surface area contributed by atoms with Crippen LogP contribution in [0.15, 0.2) is 77.9 Å². The SMILES string of the molecule is O=C(COc1ccc(C2SCCS2)cc1)N/N=C\c1ccccc1OCc1ccc([N+](=O)[O-])cc1. The summed E-state index contributed by atoms with van der Waals surface area (Å²) in [6.07, 6.45) is 1.49. The number of carbonyl (C=O) groups is 1. The van der Waals surface area contributed by atoms with Crippen molar-refractivity contribution in [1.82, 2.24) is 5.43 Å². The summed E-state index contributed by atoms with van der Waals surface area (Å²) < 4.78 is 11.9. The number of amides is 1. The second kappa shape index (κ2) is 12.3. The van der Waals surface area contributed by atoms with Gasteiger partial charge in [-0.2, -0.15) is 5.10 Å². The van der Waals surface area contributed by atoms with Crippen molar-refractivity contribution >= 4 is 41.3 Å². The summed E-state index contributed by atoms with van der Waals surface area (Å²) in [5, 5.41) is 14.8. The molecule has 0 radical (unpaired) electrons. The second-order valence-corrected chi connectivity index (χ2v) is 10.2. The zero-order chi connectivity index (χ0) is 24.5. The smallest absolute Gasteiger partial charge is 0.277 e. The lowest BCUT2D eigenvalue weighted by Crippen LogP contribution is -2.24. The number of thioether (sulfide) groups is 2. The van der Waals surface area contributed by atoms with Gasteiger partial charge in [0.05, 0.1) is 15.7 Å². The Hall–Kier alpha value is -3.50. The normalized spacial score (nSPS) is 13.6. The molecule has 1 aliphatic rings. The average Bonchev–Trinajstić information content (AvgIpc) is 3.42. The van der Waals surface area contributed by atoms with E-state index in [1.54, 1.807) is 24.3 Å². The summed E-state index contributed by atoms with van der Waals surface area (Å²) in [6, 6.07) is 21.2. The molecule has 1 fully saturated rings. The van der Waals surface area contributed by atoms with Crippen molar-refractivity contribution in [3.05, 3.63) is 99.6 Å². The van der Waals surface area contributed by atoms with E-state index in [0.717, 1.165) is 5.56 Å². The fourth-order valence-corrected chi connectivity index (χ4v) is 6.08.